The summed E-state index contributed by atoms with van der Waals surface area (Å²) in [5.41, 5.74) is 7.22. The van der Waals surface area contributed by atoms with Gasteiger partial charge in [-0.15, -0.1) is 0 Å². The number of carbonyl (C=O) groups excluding carboxylic acids is 1. The van der Waals surface area contributed by atoms with Crippen molar-refractivity contribution in [2.75, 3.05) is 13.7 Å². The first-order chi connectivity index (χ1) is 7.70. The van der Waals surface area contributed by atoms with Gasteiger partial charge < -0.3 is 15.6 Å². The second kappa shape index (κ2) is 6.25. The van der Waals surface area contributed by atoms with Crippen LogP contribution >= 0.6 is 0 Å². The van der Waals surface area contributed by atoms with E-state index >= 15 is 0 Å². The second-order valence-electron chi connectivity index (χ2n) is 3.55. The molecule has 1 atom stereocenters. The van der Waals surface area contributed by atoms with E-state index in [-0.39, 0.29) is 18.6 Å². The average Bonchev–Trinajstić information content (AvgIpc) is 2.35. The van der Waals surface area contributed by atoms with Crippen LogP contribution in [0.1, 0.15) is 34.8 Å². The standard InChI is InChI=1S/C12H17NO3/c1-16-12(15)10-6-3-2-5-9(10)11(13)7-4-8-14/h2-3,5-6,11,14H,4,7-8,13H2,1H3/t11-/m1/s1. The van der Waals surface area contributed by atoms with E-state index in [4.69, 9.17) is 10.8 Å². The Morgan fingerprint density at radius 3 is 2.81 bits per heavy atom. The maximum Gasteiger partial charge on any atom is 0.338 e. The molecule has 0 aliphatic heterocycles. The summed E-state index contributed by atoms with van der Waals surface area (Å²) >= 11 is 0. The predicted octanol–water partition coefficient (Wildman–Crippen LogP) is 1.25. The van der Waals surface area contributed by atoms with Crippen LogP contribution in [0.25, 0.3) is 0 Å². The third-order valence-electron chi connectivity index (χ3n) is 2.44. The molecular formula is C12H17NO3. The molecule has 0 heterocycles. The molecule has 0 unspecified atom stereocenters. The summed E-state index contributed by atoms with van der Waals surface area (Å²) < 4.78 is 4.69. The predicted molar refractivity (Wildman–Crippen MR) is 61.0 cm³/mol. The smallest absolute Gasteiger partial charge is 0.338 e. The molecule has 0 saturated carbocycles. The molecule has 16 heavy (non-hydrogen) atoms. The Balaban J connectivity index is 2.89. The van der Waals surface area contributed by atoms with E-state index < -0.39 is 0 Å². The minimum absolute atomic E-state index is 0.105. The molecule has 0 aliphatic carbocycles. The van der Waals surface area contributed by atoms with Gasteiger partial charge in [0.1, 0.15) is 0 Å². The van der Waals surface area contributed by atoms with Crippen molar-refractivity contribution in [3.63, 3.8) is 0 Å². The molecule has 0 spiro atoms. The van der Waals surface area contributed by atoms with Crippen molar-refractivity contribution in [2.24, 2.45) is 5.73 Å². The molecule has 0 radical (unpaired) electrons. The van der Waals surface area contributed by atoms with E-state index in [0.717, 1.165) is 5.56 Å². The molecule has 0 aromatic heterocycles. The number of rotatable bonds is 5. The van der Waals surface area contributed by atoms with E-state index in [1.807, 2.05) is 12.1 Å². The normalized spacial score (nSPS) is 12.2. The van der Waals surface area contributed by atoms with E-state index in [1.165, 1.54) is 7.11 Å². The fraction of sp³-hybridized carbons (Fsp3) is 0.417. The number of methoxy groups -OCH3 is 1. The van der Waals surface area contributed by atoms with Gasteiger partial charge in [0.2, 0.25) is 0 Å². The first kappa shape index (κ1) is 12.7. The highest BCUT2D eigenvalue weighted by molar-refractivity contribution is 5.91. The molecule has 0 saturated heterocycles. The zero-order valence-corrected chi connectivity index (χ0v) is 9.35. The third kappa shape index (κ3) is 3.05. The van der Waals surface area contributed by atoms with Gasteiger partial charge in [-0.05, 0) is 24.5 Å². The molecule has 4 nitrogen and oxygen atoms in total. The van der Waals surface area contributed by atoms with Gasteiger partial charge in [0.25, 0.3) is 0 Å². The molecule has 4 heteroatoms. The van der Waals surface area contributed by atoms with Crippen molar-refractivity contribution < 1.29 is 14.6 Å². The molecular weight excluding hydrogens is 206 g/mol. The number of hydrogen-bond acceptors (Lipinski definition) is 4. The lowest BCUT2D eigenvalue weighted by Gasteiger charge is -2.14. The SMILES string of the molecule is COC(=O)c1ccccc1[C@H](N)CCCO. The third-order valence-corrected chi connectivity index (χ3v) is 2.44. The number of aliphatic hydroxyl groups excluding tert-OH is 1. The van der Waals surface area contributed by atoms with Crippen LogP contribution in [-0.4, -0.2) is 24.8 Å². The van der Waals surface area contributed by atoms with Crippen molar-refractivity contribution in [1.82, 2.24) is 0 Å². The van der Waals surface area contributed by atoms with Crippen LogP contribution in [0.4, 0.5) is 0 Å². The van der Waals surface area contributed by atoms with Crippen LogP contribution in [0.5, 0.6) is 0 Å². The van der Waals surface area contributed by atoms with Crippen LogP contribution in [0.2, 0.25) is 0 Å². The van der Waals surface area contributed by atoms with E-state index in [2.05, 4.69) is 4.74 Å². The summed E-state index contributed by atoms with van der Waals surface area (Å²) in [4.78, 5) is 11.5. The zero-order valence-electron chi connectivity index (χ0n) is 9.35. The summed E-state index contributed by atoms with van der Waals surface area (Å²) in [7, 11) is 1.35. The number of hydrogen-bond donors (Lipinski definition) is 2. The Labute approximate surface area is 95.0 Å². The molecule has 0 aliphatic rings. The average molecular weight is 223 g/mol. The maximum atomic E-state index is 11.5. The first-order valence-corrected chi connectivity index (χ1v) is 5.24. The topological polar surface area (TPSA) is 72.5 Å². The number of aliphatic hydroxyl groups is 1. The van der Waals surface area contributed by atoms with Gasteiger partial charge in [0.05, 0.1) is 12.7 Å². The molecule has 0 fully saturated rings. The van der Waals surface area contributed by atoms with Gasteiger partial charge in [-0.3, -0.25) is 0 Å². The van der Waals surface area contributed by atoms with Crippen molar-refractivity contribution in [3.8, 4) is 0 Å². The Morgan fingerprint density at radius 1 is 1.50 bits per heavy atom. The number of benzene rings is 1. The van der Waals surface area contributed by atoms with Crippen LogP contribution in [-0.2, 0) is 4.74 Å². The molecule has 0 amide bonds. The zero-order chi connectivity index (χ0) is 12.0. The summed E-state index contributed by atoms with van der Waals surface area (Å²) in [6, 6.07) is 6.87. The van der Waals surface area contributed by atoms with Gasteiger partial charge >= 0.3 is 5.97 Å². The monoisotopic (exact) mass is 223 g/mol. The molecule has 3 N–H and O–H groups in total. The summed E-state index contributed by atoms with van der Waals surface area (Å²) in [5.74, 6) is -0.380. The maximum absolute atomic E-state index is 11.5. The largest absolute Gasteiger partial charge is 0.465 e. The Morgan fingerprint density at radius 2 is 2.19 bits per heavy atom. The molecule has 1 rings (SSSR count). The number of nitrogens with two attached hydrogens (primary N) is 1. The van der Waals surface area contributed by atoms with E-state index in [9.17, 15) is 4.79 Å². The van der Waals surface area contributed by atoms with Crippen LogP contribution in [0.3, 0.4) is 0 Å². The van der Waals surface area contributed by atoms with Crippen LogP contribution in [0.15, 0.2) is 24.3 Å². The number of carbonyl (C=O) groups is 1. The molecule has 1 aromatic rings. The molecule has 1 aromatic carbocycles. The Bertz CT molecular complexity index is 352. The minimum atomic E-state index is -0.380. The molecule has 88 valence electrons. The fourth-order valence-corrected chi connectivity index (χ4v) is 1.58. The highest BCUT2D eigenvalue weighted by Crippen LogP contribution is 2.20. The van der Waals surface area contributed by atoms with Gasteiger partial charge in [-0.2, -0.15) is 0 Å². The Hall–Kier alpha value is -1.39. The second-order valence-corrected chi connectivity index (χ2v) is 3.55. The van der Waals surface area contributed by atoms with Crippen molar-refractivity contribution >= 4 is 5.97 Å². The summed E-state index contributed by atoms with van der Waals surface area (Å²) in [6.07, 6.45) is 1.27. The van der Waals surface area contributed by atoms with Gasteiger partial charge in [-0.1, -0.05) is 18.2 Å². The minimum Gasteiger partial charge on any atom is -0.465 e. The van der Waals surface area contributed by atoms with Gasteiger partial charge in [0.15, 0.2) is 0 Å². The van der Waals surface area contributed by atoms with Crippen LogP contribution < -0.4 is 5.73 Å². The molecule has 0 bridgehead atoms. The van der Waals surface area contributed by atoms with E-state index in [1.54, 1.807) is 12.1 Å². The fourth-order valence-electron chi connectivity index (χ4n) is 1.58. The lowest BCUT2D eigenvalue weighted by atomic mass is 9.97. The lowest BCUT2D eigenvalue weighted by Crippen LogP contribution is -2.16. The van der Waals surface area contributed by atoms with Crippen molar-refractivity contribution in [1.29, 1.82) is 0 Å². The highest BCUT2D eigenvalue weighted by atomic mass is 16.5. The summed E-state index contributed by atoms with van der Waals surface area (Å²) in [6.45, 7) is 0.105. The summed E-state index contributed by atoms with van der Waals surface area (Å²) in [5, 5.41) is 8.74. The quantitative estimate of drug-likeness (QED) is 0.737. The van der Waals surface area contributed by atoms with Crippen molar-refractivity contribution in [3.05, 3.63) is 35.4 Å². The van der Waals surface area contributed by atoms with Crippen molar-refractivity contribution in [2.45, 2.75) is 18.9 Å². The highest BCUT2D eigenvalue weighted by Gasteiger charge is 2.15. The Kier molecular flexibility index (Phi) is 4.95. The number of esters is 1. The first-order valence-electron chi connectivity index (χ1n) is 5.24. The van der Waals surface area contributed by atoms with E-state index in [0.29, 0.717) is 18.4 Å². The van der Waals surface area contributed by atoms with Crippen LogP contribution in [0, 0.1) is 0 Å². The van der Waals surface area contributed by atoms with Gasteiger partial charge in [0, 0.05) is 12.6 Å². The number of ether oxygens (including phenoxy) is 1. The lowest BCUT2D eigenvalue weighted by molar-refractivity contribution is 0.0599. The van der Waals surface area contributed by atoms with Gasteiger partial charge in [-0.25, -0.2) is 4.79 Å².